The van der Waals surface area contributed by atoms with Crippen LogP contribution in [0.1, 0.15) is 45.1 Å². The third-order valence-corrected chi connectivity index (χ3v) is 5.63. The number of allylic oxidation sites excluding steroid dienone is 4. The number of benzene rings is 1. The molecule has 0 radical (unpaired) electrons. The van der Waals surface area contributed by atoms with E-state index in [0.29, 0.717) is 6.61 Å². The Bertz CT molecular complexity index is 769. The third-order valence-electron chi connectivity index (χ3n) is 5.63. The van der Waals surface area contributed by atoms with Crippen molar-refractivity contribution in [1.82, 2.24) is 4.90 Å². The van der Waals surface area contributed by atoms with Gasteiger partial charge >= 0.3 is 0 Å². The fraction of sp³-hybridized carbons (Fsp3) is 0.391. The molecule has 2 nitrogen and oxygen atoms in total. The van der Waals surface area contributed by atoms with E-state index in [1.165, 1.54) is 42.5 Å². The summed E-state index contributed by atoms with van der Waals surface area (Å²) < 4.78 is 6.17. The summed E-state index contributed by atoms with van der Waals surface area (Å²) >= 11 is 0. The molecule has 4 rings (SSSR count). The molecular formula is C23H27NO. The summed E-state index contributed by atoms with van der Waals surface area (Å²) in [7, 11) is 0. The average Bonchev–Trinajstić information content (AvgIpc) is 3.03. The summed E-state index contributed by atoms with van der Waals surface area (Å²) in [5, 5.41) is 0. The summed E-state index contributed by atoms with van der Waals surface area (Å²) in [6, 6.07) is 10.7. The largest absolute Gasteiger partial charge is 0.497 e. The van der Waals surface area contributed by atoms with Gasteiger partial charge in [-0.05, 0) is 68.4 Å². The fourth-order valence-corrected chi connectivity index (χ4v) is 4.44. The summed E-state index contributed by atoms with van der Waals surface area (Å²) in [6.45, 7) is 6.06. The van der Waals surface area contributed by atoms with Gasteiger partial charge in [0, 0.05) is 18.4 Å². The van der Waals surface area contributed by atoms with Crippen molar-refractivity contribution in [2.75, 3.05) is 13.2 Å². The highest BCUT2D eigenvalue weighted by Crippen LogP contribution is 2.53. The molecule has 0 N–H and O–H groups in total. The Morgan fingerprint density at radius 1 is 1.08 bits per heavy atom. The van der Waals surface area contributed by atoms with Crippen molar-refractivity contribution in [3.63, 3.8) is 0 Å². The molecule has 2 aliphatic carbocycles. The average molecular weight is 333 g/mol. The monoisotopic (exact) mass is 333 g/mol. The Balaban J connectivity index is 1.85. The third kappa shape index (κ3) is 2.64. The number of fused-ring (bicyclic) bond motifs is 1. The van der Waals surface area contributed by atoms with Gasteiger partial charge in [-0.2, -0.15) is 0 Å². The molecule has 0 fully saturated rings. The SMILES string of the molecule is CCOC1=CC(c2ccccc2)=CC12C=CN(CC)C1=C2CCCC1. The van der Waals surface area contributed by atoms with Crippen molar-refractivity contribution in [3.05, 3.63) is 77.4 Å². The van der Waals surface area contributed by atoms with Gasteiger partial charge in [-0.15, -0.1) is 0 Å². The van der Waals surface area contributed by atoms with Crippen LogP contribution in [0.15, 0.2) is 71.8 Å². The number of ether oxygens (including phenoxy) is 1. The number of hydrogen-bond acceptors (Lipinski definition) is 2. The van der Waals surface area contributed by atoms with E-state index in [0.717, 1.165) is 12.3 Å². The molecule has 1 aromatic carbocycles. The van der Waals surface area contributed by atoms with E-state index in [1.54, 1.807) is 5.57 Å². The molecule has 3 aliphatic rings. The van der Waals surface area contributed by atoms with Crippen LogP contribution in [-0.2, 0) is 4.74 Å². The molecule has 0 aromatic heterocycles. The fourth-order valence-electron chi connectivity index (χ4n) is 4.44. The van der Waals surface area contributed by atoms with Crippen LogP contribution in [-0.4, -0.2) is 18.1 Å². The molecule has 0 bridgehead atoms. The lowest BCUT2D eigenvalue weighted by Gasteiger charge is -2.41. The molecule has 0 saturated carbocycles. The van der Waals surface area contributed by atoms with Crippen molar-refractivity contribution in [3.8, 4) is 0 Å². The zero-order valence-electron chi connectivity index (χ0n) is 15.3. The summed E-state index contributed by atoms with van der Waals surface area (Å²) in [6.07, 6.45) is 14.2. The maximum absolute atomic E-state index is 6.17. The van der Waals surface area contributed by atoms with E-state index in [4.69, 9.17) is 4.74 Å². The Labute approximate surface area is 151 Å². The van der Waals surface area contributed by atoms with E-state index in [2.05, 4.69) is 73.5 Å². The minimum absolute atomic E-state index is 0.178. The second kappa shape index (κ2) is 6.59. The number of hydrogen-bond donors (Lipinski definition) is 0. The summed E-state index contributed by atoms with van der Waals surface area (Å²) in [5.74, 6) is 1.09. The van der Waals surface area contributed by atoms with Crippen molar-refractivity contribution < 1.29 is 4.74 Å². The first kappa shape index (κ1) is 16.3. The highest BCUT2D eigenvalue weighted by atomic mass is 16.5. The zero-order chi connectivity index (χ0) is 17.3. The predicted molar refractivity (Wildman–Crippen MR) is 104 cm³/mol. The van der Waals surface area contributed by atoms with Crippen molar-refractivity contribution in [1.29, 1.82) is 0 Å². The van der Waals surface area contributed by atoms with Crippen LogP contribution in [0.25, 0.3) is 5.57 Å². The van der Waals surface area contributed by atoms with Gasteiger partial charge in [0.1, 0.15) is 5.76 Å². The molecule has 0 saturated heterocycles. The lowest BCUT2D eigenvalue weighted by molar-refractivity contribution is 0.187. The molecule has 1 heterocycles. The van der Waals surface area contributed by atoms with Gasteiger partial charge in [-0.1, -0.05) is 36.4 Å². The molecule has 130 valence electrons. The van der Waals surface area contributed by atoms with E-state index in [1.807, 2.05) is 0 Å². The van der Waals surface area contributed by atoms with Gasteiger partial charge in [-0.25, -0.2) is 0 Å². The van der Waals surface area contributed by atoms with Crippen LogP contribution in [0.4, 0.5) is 0 Å². The van der Waals surface area contributed by atoms with Crippen molar-refractivity contribution in [2.45, 2.75) is 39.5 Å². The van der Waals surface area contributed by atoms with Crippen LogP contribution >= 0.6 is 0 Å². The first-order chi connectivity index (χ1) is 12.3. The van der Waals surface area contributed by atoms with E-state index < -0.39 is 0 Å². The van der Waals surface area contributed by atoms with Crippen LogP contribution in [0, 0.1) is 5.41 Å². The molecule has 1 unspecified atom stereocenters. The quantitative estimate of drug-likeness (QED) is 0.704. The Morgan fingerprint density at radius 2 is 1.88 bits per heavy atom. The van der Waals surface area contributed by atoms with Gasteiger partial charge in [0.2, 0.25) is 0 Å². The zero-order valence-corrected chi connectivity index (χ0v) is 15.3. The van der Waals surface area contributed by atoms with Crippen LogP contribution in [0.3, 0.4) is 0 Å². The maximum Gasteiger partial charge on any atom is 0.115 e. The summed E-state index contributed by atoms with van der Waals surface area (Å²) in [5.41, 5.74) is 5.43. The molecule has 0 amide bonds. The molecular weight excluding hydrogens is 306 g/mol. The molecule has 1 aromatic rings. The van der Waals surface area contributed by atoms with Crippen LogP contribution in [0.5, 0.6) is 0 Å². The lowest BCUT2D eigenvalue weighted by Crippen LogP contribution is -2.33. The van der Waals surface area contributed by atoms with Gasteiger partial charge in [0.15, 0.2) is 0 Å². The Kier molecular flexibility index (Phi) is 4.29. The standard InChI is InChI=1S/C23H27NO/c1-3-24-15-14-23(20-12-8-9-13-21(20)24)17-19(16-22(23)25-4-2)18-10-6-5-7-11-18/h5-7,10-11,14-17H,3-4,8-9,12-13H2,1-2H3. The molecule has 1 spiro atoms. The second-order valence-corrected chi connectivity index (χ2v) is 7.01. The number of nitrogens with zero attached hydrogens (tertiary/aromatic N) is 1. The first-order valence-electron chi connectivity index (χ1n) is 9.60. The molecule has 25 heavy (non-hydrogen) atoms. The minimum atomic E-state index is -0.178. The van der Waals surface area contributed by atoms with E-state index in [-0.39, 0.29) is 5.41 Å². The van der Waals surface area contributed by atoms with E-state index in [9.17, 15) is 0 Å². The molecule has 1 aliphatic heterocycles. The van der Waals surface area contributed by atoms with E-state index >= 15 is 0 Å². The lowest BCUT2D eigenvalue weighted by atomic mass is 9.72. The van der Waals surface area contributed by atoms with Crippen LogP contribution < -0.4 is 0 Å². The summed E-state index contributed by atoms with van der Waals surface area (Å²) in [4.78, 5) is 2.43. The highest BCUT2D eigenvalue weighted by Gasteiger charge is 2.44. The van der Waals surface area contributed by atoms with Gasteiger partial charge < -0.3 is 9.64 Å². The first-order valence-corrected chi connectivity index (χ1v) is 9.60. The number of rotatable bonds is 4. The van der Waals surface area contributed by atoms with Gasteiger partial charge in [-0.3, -0.25) is 0 Å². The highest BCUT2D eigenvalue weighted by molar-refractivity contribution is 5.81. The smallest absolute Gasteiger partial charge is 0.115 e. The van der Waals surface area contributed by atoms with Gasteiger partial charge in [0.05, 0.1) is 12.0 Å². The topological polar surface area (TPSA) is 12.5 Å². The van der Waals surface area contributed by atoms with Crippen LogP contribution in [0.2, 0.25) is 0 Å². The maximum atomic E-state index is 6.17. The van der Waals surface area contributed by atoms with Crippen molar-refractivity contribution >= 4 is 5.57 Å². The predicted octanol–water partition coefficient (Wildman–Crippen LogP) is 5.67. The Morgan fingerprint density at radius 3 is 2.64 bits per heavy atom. The van der Waals surface area contributed by atoms with Gasteiger partial charge in [0.25, 0.3) is 0 Å². The second-order valence-electron chi connectivity index (χ2n) is 7.01. The molecule has 1 atom stereocenters. The van der Waals surface area contributed by atoms with Crippen molar-refractivity contribution in [2.24, 2.45) is 5.41 Å². The minimum Gasteiger partial charge on any atom is -0.497 e. The normalized spacial score (nSPS) is 25.1. The molecule has 2 heteroatoms. The Hall–Kier alpha value is -2.22.